The van der Waals surface area contributed by atoms with Crippen LogP contribution in [0.4, 0.5) is 5.69 Å². The van der Waals surface area contributed by atoms with E-state index in [1.807, 2.05) is 31.2 Å². The minimum Gasteiger partial charge on any atom is -0.360 e. The SMILES string of the molecule is Cc1cc(CSc2ccccc2C(=O)Nc2ccc(C#N)cc2)on1. The smallest absolute Gasteiger partial charge is 0.256 e. The maximum absolute atomic E-state index is 12.6. The number of hydrogen-bond acceptors (Lipinski definition) is 5. The van der Waals surface area contributed by atoms with Crippen molar-refractivity contribution < 1.29 is 9.32 Å². The number of aromatic nitrogens is 1. The molecule has 0 saturated heterocycles. The Kier molecular flexibility index (Phi) is 5.17. The number of anilines is 1. The van der Waals surface area contributed by atoms with Crippen LogP contribution in [0.5, 0.6) is 0 Å². The van der Waals surface area contributed by atoms with Crippen molar-refractivity contribution in [2.45, 2.75) is 17.6 Å². The molecule has 3 aromatic rings. The summed E-state index contributed by atoms with van der Waals surface area (Å²) in [7, 11) is 0. The Morgan fingerprint density at radius 3 is 2.68 bits per heavy atom. The molecule has 0 fully saturated rings. The maximum atomic E-state index is 12.6. The second kappa shape index (κ2) is 7.69. The lowest BCUT2D eigenvalue weighted by molar-refractivity contribution is 0.102. The minimum atomic E-state index is -0.193. The van der Waals surface area contributed by atoms with Crippen LogP contribution in [0, 0.1) is 18.3 Å². The van der Waals surface area contributed by atoms with E-state index in [-0.39, 0.29) is 5.91 Å². The maximum Gasteiger partial charge on any atom is 0.256 e. The van der Waals surface area contributed by atoms with Crippen molar-refractivity contribution in [3.8, 4) is 6.07 Å². The Morgan fingerprint density at radius 1 is 1.24 bits per heavy atom. The summed E-state index contributed by atoms with van der Waals surface area (Å²) >= 11 is 1.52. The Bertz CT molecular complexity index is 926. The average Bonchev–Trinajstić information content (AvgIpc) is 3.06. The quantitative estimate of drug-likeness (QED) is 0.691. The summed E-state index contributed by atoms with van der Waals surface area (Å²) in [6.07, 6.45) is 0. The van der Waals surface area contributed by atoms with Gasteiger partial charge in [0.2, 0.25) is 0 Å². The number of nitrogens with one attached hydrogen (secondary N) is 1. The number of carbonyl (C=O) groups excluding carboxylic acids is 1. The highest BCUT2D eigenvalue weighted by atomic mass is 32.2. The number of rotatable bonds is 5. The van der Waals surface area contributed by atoms with Gasteiger partial charge in [-0.25, -0.2) is 0 Å². The monoisotopic (exact) mass is 349 g/mol. The number of hydrogen-bond donors (Lipinski definition) is 1. The van der Waals surface area contributed by atoms with E-state index in [1.54, 1.807) is 30.3 Å². The highest BCUT2D eigenvalue weighted by Gasteiger charge is 2.13. The van der Waals surface area contributed by atoms with E-state index in [0.717, 1.165) is 16.3 Å². The third-order valence-corrected chi connectivity index (χ3v) is 4.55. The fraction of sp³-hybridized carbons (Fsp3) is 0.105. The first-order valence-electron chi connectivity index (χ1n) is 7.61. The summed E-state index contributed by atoms with van der Waals surface area (Å²) in [6.45, 7) is 1.87. The van der Waals surface area contributed by atoms with Crippen LogP contribution in [-0.2, 0) is 5.75 Å². The zero-order valence-electron chi connectivity index (χ0n) is 13.5. The van der Waals surface area contributed by atoms with Crippen molar-refractivity contribution in [2.24, 2.45) is 0 Å². The number of nitrogens with zero attached hydrogens (tertiary/aromatic N) is 2. The lowest BCUT2D eigenvalue weighted by Gasteiger charge is -2.09. The highest BCUT2D eigenvalue weighted by Crippen LogP contribution is 2.27. The predicted molar refractivity (Wildman–Crippen MR) is 96.4 cm³/mol. The number of nitriles is 1. The van der Waals surface area contributed by atoms with Crippen LogP contribution in [-0.4, -0.2) is 11.1 Å². The van der Waals surface area contributed by atoms with E-state index in [2.05, 4.69) is 16.5 Å². The molecule has 0 spiro atoms. The van der Waals surface area contributed by atoms with Crippen LogP contribution >= 0.6 is 11.8 Å². The average molecular weight is 349 g/mol. The molecule has 0 atom stereocenters. The van der Waals surface area contributed by atoms with E-state index in [1.165, 1.54) is 11.8 Å². The number of carbonyl (C=O) groups is 1. The molecule has 0 radical (unpaired) electrons. The van der Waals surface area contributed by atoms with Gasteiger partial charge in [-0.1, -0.05) is 17.3 Å². The summed E-state index contributed by atoms with van der Waals surface area (Å²) in [5.41, 5.74) is 2.63. The molecule has 1 amide bonds. The lowest BCUT2D eigenvalue weighted by atomic mass is 10.2. The molecule has 6 heteroatoms. The molecule has 1 aromatic heterocycles. The normalized spacial score (nSPS) is 10.2. The first kappa shape index (κ1) is 16.8. The van der Waals surface area contributed by atoms with Crippen molar-refractivity contribution in [2.75, 3.05) is 5.32 Å². The molecule has 0 aliphatic heterocycles. The van der Waals surface area contributed by atoms with Crippen molar-refractivity contribution >= 4 is 23.4 Å². The van der Waals surface area contributed by atoms with Crippen molar-refractivity contribution in [1.29, 1.82) is 5.26 Å². The molecular formula is C19H15N3O2S. The van der Waals surface area contributed by atoms with E-state index in [4.69, 9.17) is 9.78 Å². The van der Waals surface area contributed by atoms with E-state index in [0.29, 0.717) is 22.6 Å². The van der Waals surface area contributed by atoms with Crippen molar-refractivity contribution in [3.63, 3.8) is 0 Å². The lowest BCUT2D eigenvalue weighted by Crippen LogP contribution is -2.12. The summed E-state index contributed by atoms with van der Waals surface area (Å²) < 4.78 is 5.21. The van der Waals surface area contributed by atoms with Crippen molar-refractivity contribution in [1.82, 2.24) is 5.16 Å². The van der Waals surface area contributed by atoms with Gasteiger partial charge >= 0.3 is 0 Å². The van der Waals surface area contributed by atoms with Gasteiger partial charge in [-0.05, 0) is 43.3 Å². The topological polar surface area (TPSA) is 78.9 Å². The van der Waals surface area contributed by atoms with Gasteiger partial charge in [-0.2, -0.15) is 5.26 Å². The van der Waals surface area contributed by atoms with Gasteiger partial charge in [0, 0.05) is 16.6 Å². The summed E-state index contributed by atoms with van der Waals surface area (Å²) in [5, 5.41) is 15.5. The predicted octanol–water partition coefficient (Wildman–Crippen LogP) is 4.40. The molecule has 1 N–H and O–H groups in total. The van der Waals surface area contributed by atoms with Crippen molar-refractivity contribution in [3.05, 3.63) is 77.2 Å². The molecule has 124 valence electrons. The minimum absolute atomic E-state index is 0.193. The Hall–Kier alpha value is -3.04. The standard InChI is InChI=1S/C19H15N3O2S/c1-13-10-16(24-22-13)12-25-18-5-3-2-4-17(18)19(23)21-15-8-6-14(11-20)7-9-15/h2-10H,12H2,1H3,(H,21,23). The van der Waals surface area contributed by atoms with Crippen LogP contribution in [0.15, 0.2) is 64.0 Å². The molecule has 2 aromatic carbocycles. The van der Waals surface area contributed by atoms with Crippen LogP contribution < -0.4 is 5.32 Å². The molecule has 3 rings (SSSR count). The van der Waals surface area contributed by atoms with E-state index < -0.39 is 0 Å². The van der Waals surface area contributed by atoms with Gasteiger partial charge in [0.15, 0.2) is 0 Å². The first-order valence-corrected chi connectivity index (χ1v) is 8.60. The third kappa shape index (κ3) is 4.28. The van der Waals surface area contributed by atoms with Crippen LogP contribution in [0.25, 0.3) is 0 Å². The van der Waals surface area contributed by atoms with Gasteiger partial charge < -0.3 is 9.84 Å². The summed E-state index contributed by atoms with van der Waals surface area (Å²) in [5.74, 6) is 1.17. The molecule has 0 saturated carbocycles. The molecule has 0 unspecified atom stereocenters. The van der Waals surface area contributed by atoms with Crippen LogP contribution in [0.3, 0.4) is 0 Å². The molecule has 0 aliphatic carbocycles. The molecule has 25 heavy (non-hydrogen) atoms. The fourth-order valence-corrected chi connectivity index (χ4v) is 3.16. The number of thioether (sulfide) groups is 1. The molecular weight excluding hydrogens is 334 g/mol. The second-order valence-electron chi connectivity index (χ2n) is 5.36. The highest BCUT2D eigenvalue weighted by molar-refractivity contribution is 7.98. The number of aryl methyl sites for hydroxylation is 1. The third-order valence-electron chi connectivity index (χ3n) is 3.45. The molecule has 1 heterocycles. The zero-order valence-corrected chi connectivity index (χ0v) is 14.3. The van der Waals surface area contributed by atoms with Gasteiger partial charge in [0.25, 0.3) is 5.91 Å². The molecule has 5 nitrogen and oxygen atoms in total. The molecule has 0 bridgehead atoms. The van der Waals surface area contributed by atoms with E-state index >= 15 is 0 Å². The van der Waals surface area contributed by atoms with E-state index in [9.17, 15) is 4.79 Å². The summed E-state index contributed by atoms with van der Waals surface area (Å²) in [6, 6.07) is 18.1. The summed E-state index contributed by atoms with van der Waals surface area (Å²) in [4.78, 5) is 13.4. The Morgan fingerprint density at radius 2 is 2.00 bits per heavy atom. The van der Waals surface area contributed by atoms with Crippen LogP contribution in [0.2, 0.25) is 0 Å². The van der Waals surface area contributed by atoms with Gasteiger partial charge in [0.05, 0.1) is 28.6 Å². The molecule has 0 aliphatic rings. The second-order valence-corrected chi connectivity index (χ2v) is 6.38. The largest absolute Gasteiger partial charge is 0.360 e. The van der Waals surface area contributed by atoms with Gasteiger partial charge in [-0.15, -0.1) is 11.8 Å². The number of amides is 1. The Balaban J connectivity index is 1.72. The Labute approximate surface area is 149 Å². The fourth-order valence-electron chi connectivity index (χ4n) is 2.24. The zero-order chi connectivity index (χ0) is 17.6. The first-order chi connectivity index (χ1) is 12.2. The van der Waals surface area contributed by atoms with Gasteiger partial charge in [-0.3, -0.25) is 4.79 Å². The van der Waals surface area contributed by atoms with Crippen LogP contribution in [0.1, 0.15) is 27.4 Å². The van der Waals surface area contributed by atoms with Gasteiger partial charge in [0.1, 0.15) is 5.76 Å². The number of benzene rings is 2.